The van der Waals surface area contributed by atoms with E-state index < -0.39 is 5.97 Å². The number of carbonyl (C=O) groups is 1. The number of anilines is 2. The van der Waals surface area contributed by atoms with E-state index in [1.54, 1.807) is 14.0 Å². The summed E-state index contributed by atoms with van der Waals surface area (Å²) in [7, 11) is 1.62. The molecule has 6 heteroatoms. The van der Waals surface area contributed by atoms with Crippen LogP contribution >= 0.6 is 0 Å². The average Bonchev–Trinajstić information content (AvgIpc) is 2.55. The molecule has 0 aliphatic carbocycles. The molecule has 0 fully saturated rings. The van der Waals surface area contributed by atoms with E-state index >= 15 is 0 Å². The molecule has 0 spiro atoms. The normalized spacial score (nSPS) is 10.5. The number of carboxylic acid groups (broad SMARTS) is 1. The number of benzene rings is 2. The van der Waals surface area contributed by atoms with Crippen LogP contribution in [0.4, 0.5) is 11.5 Å². The quantitative estimate of drug-likeness (QED) is 0.768. The van der Waals surface area contributed by atoms with Crippen molar-refractivity contribution in [2.24, 2.45) is 0 Å². The Morgan fingerprint density at radius 2 is 2.00 bits per heavy atom. The summed E-state index contributed by atoms with van der Waals surface area (Å²) < 4.78 is 5.43. The number of nitrogens with zero attached hydrogens (tertiary/aromatic N) is 2. The lowest BCUT2D eigenvalue weighted by Gasteiger charge is -2.12. The van der Waals surface area contributed by atoms with Gasteiger partial charge in [0.2, 0.25) is 0 Å². The van der Waals surface area contributed by atoms with Crippen molar-refractivity contribution in [3.05, 3.63) is 54.0 Å². The van der Waals surface area contributed by atoms with E-state index in [4.69, 9.17) is 9.84 Å². The molecule has 0 amide bonds. The summed E-state index contributed by atoms with van der Waals surface area (Å²) in [5, 5.41) is 14.3. The molecule has 0 aliphatic rings. The van der Waals surface area contributed by atoms with E-state index in [1.807, 2.05) is 36.4 Å². The lowest BCUT2D eigenvalue weighted by atomic mass is 10.1. The topological polar surface area (TPSA) is 84.3 Å². The number of aromatic nitrogens is 2. The van der Waals surface area contributed by atoms with Crippen LogP contribution in [-0.4, -0.2) is 28.2 Å². The lowest BCUT2D eigenvalue weighted by Crippen LogP contribution is -2.07. The maximum Gasteiger partial charge on any atom is 0.354 e. The molecule has 0 unspecified atom stereocenters. The van der Waals surface area contributed by atoms with Gasteiger partial charge in [-0.15, -0.1) is 0 Å². The fraction of sp³-hybridized carbons (Fsp3) is 0.118. The van der Waals surface area contributed by atoms with Gasteiger partial charge in [-0.2, -0.15) is 0 Å². The molecule has 0 saturated carbocycles. The van der Waals surface area contributed by atoms with Crippen molar-refractivity contribution in [3.63, 3.8) is 0 Å². The molecular formula is C17H15N3O3. The minimum Gasteiger partial charge on any atom is -0.496 e. The van der Waals surface area contributed by atoms with Crippen LogP contribution in [0.15, 0.2) is 42.7 Å². The predicted molar refractivity (Wildman–Crippen MR) is 87.5 cm³/mol. The molecule has 3 aromatic rings. The van der Waals surface area contributed by atoms with Crippen LogP contribution in [0.2, 0.25) is 0 Å². The highest BCUT2D eigenvalue weighted by Crippen LogP contribution is 2.31. The van der Waals surface area contributed by atoms with Gasteiger partial charge in [0.1, 0.15) is 17.9 Å². The van der Waals surface area contributed by atoms with Crippen LogP contribution in [0, 0.1) is 6.92 Å². The average molecular weight is 309 g/mol. The molecule has 6 nitrogen and oxygen atoms in total. The Kier molecular flexibility index (Phi) is 3.80. The first-order valence-corrected chi connectivity index (χ1v) is 6.99. The summed E-state index contributed by atoms with van der Waals surface area (Å²) in [5.74, 6) is 0.106. The number of carboxylic acids is 1. The van der Waals surface area contributed by atoms with Crippen molar-refractivity contribution >= 4 is 28.2 Å². The zero-order valence-corrected chi connectivity index (χ0v) is 12.7. The predicted octanol–water partition coefficient (Wildman–Crippen LogP) is 3.39. The van der Waals surface area contributed by atoms with Crippen LogP contribution in [0.5, 0.6) is 5.75 Å². The van der Waals surface area contributed by atoms with Crippen molar-refractivity contribution < 1.29 is 14.6 Å². The van der Waals surface area contributed by atoms with E-state index in [0.29, 0.717) is 11.4 Å². The fourth-order valence-electron chi connectivity index (χ4n) is 2.44. The van der Waals surface area contributed by atoms with E-state index in [-0.39, 0.29) is 5.69 Å². The van der Waals surface area contributed by atoms with Crippen molar-refractivity contribution in [3.8, 4) is 5.75 Å². The zero-order valence-electron chi connectivity index (χ0n) is 12.7. The Balaban J connectivity index is 2.05. The van der Waals surface area contributed by atoms with Gasteiger partial charge >= 0.3 is 5.97 Å². The van der Waals surface area contributed by atoms with Crippen LogP contribution < -0.4 is 10.1 Å². The maximum absolute atomic E-state index is 11.2. The Bertz CT molecular complexity index is 893. The summed E-state index contributed by atoms with van der Waals surface area (Å²) in [6.45, 7) is 1.67. The Hall–Kier alpha value is -3.15. The summed E-state index contributed by atoms with van der Waals surface area (Å²) in [4.78, 5) is 19.1. The Morgan fingerprint density at radius 1 is 1.22 bits per heavy atom. The molecular weight excluding hydrogens is 294 g/mol. The van der Waals surface area contributed by atoms with Gasteiger partial charge in [-0.3, -0.25) is 0 Å². The highest BCUT2D eigenvalue weighted by atomic mass is 16.5. The molecule has 3 rings (SSSR count). The molecule has 0 radical (unpaired) electrons. The summed E-state index contributed by atoms with van der Waals surface area (Å²) >= 11 is 0. The van der Waals surface area contributed by atoms with Crippen LogP contribution in [-0.2, 0) is 0 Å². The van der Waals surface area contributed by atoms with Crippen LogP contribution in [0.1, 0.15) is 16.1 Å². The van der Waals surface area contributed by atoms with Gasteiger partial charge in [0.25, 0.3) is 0 Å². The molecule has 1 heterocycles. The standard InChI is InChI=1S/C17H15N3O3/c1-10-15(17(21)22)18-9-19-16(10)20-12-7-11-5-3-4-6-13(11)14(8-12)23-2/h3-9H,1-2H3,(H,21,22)(H,18,19,20). The van der Waals surface area contributed by atoms with Gasteiger partial charge in [0, 0.05) is 22.7 Å². The van der Waals surface area contributed by atoms with Crippen molar-refractivity contribution in [1.82, 2.24) is 9.97 Å². The third-order valence-electron chi connectivity index (χ3n) is 3.59. The third-order valence-corrected chi connectivity index (χ3v) is 3.59. The molecule has 0 aliphatic heterocycles. The first kappa shape index (κ1) is 14.8. The molecule has 0 bridgehead atoms. The fourth-order valence-corrected chi connectivity index (χ4v) is 2.44. The summed E-state index contributed by atoms with van der Waals surface area (Å²) in [5.41, 5.74) is 1.22. The zero-order chi connectivity index (χ0) is 16.4. The van der Waals surface area contributed by atoms with Gasteiger partial charge in [-0.1, -0.05) is 24.3 Å². The minimum absolute atomic E-state index is 0.0183. The maximum atomic E-state index is 11.2. The van der Waals surface area contributed by atoms with Gasteiger partial charge in [0.05, 0.1) is 7.11 Å². The van der Waals surface area contributed by atoms with Gasteiger partial charge in [-0.25, -0.2) is 14.8 Å². The molecule has 0 atom stereocenters. The molecule has 2 N–H and O–H groups in total. The monoisotopic (exact) mass is 309 g/mol. The molecule has 1 aromatic heterocycles. The summed E-state index contributed by atoms with van der Waals surface area (Å²) in [6, 6.07) is 11.7. The van der Waals surface area contributed by atoms with E-state index in [0.717, 1.165) is 22.2 Å². The Morgan fingerprint density at radius 3 is 2.74 bits per heavy atom. The Labute approximate surface area is 132 Å². The van der Waals surface area contributed by atoms with Crippen molar-refractivity contribution in [1.29, 1.82) is 0 Å². The van der Waals surface area contributed by atoms with E-state index in [1.165, 1.54) is 6.33 Å². The first-order valence-electron chi connectivity index (χ1n) is 6.99. The lowest BCUT2D eigenvalue weighted by molar-refractivity contribution is 0.0689. The number of hydrogen-bond acceptors (Lipinski definition) is 5. The summed E-state index contributed by atoms with van der Waals surface area (Å²) in [6.07, 6.45) is 1.23. The first-order chi connectivity index (χ1) is 11.1. The van der Waals surface area contributed by atoms with Crippen LogP contribution in [0.25, 0.3) is 10.8 Å². The highest BCUT2D eigenvalue weighted by Gasteiger charge is 2.14. The second-order valence-electron chi connectivity index (χ2n) is 5.03. The van der Waals surface area contributed by atoms with Gasteiger partial charge in [0.15, 0.2) is 5.69 Å². The molecule has 116 valence electrons. The number of aromatic carboxylic acids is 1. The number of nitrogens with one attached hydrogen (secondary N) is 1. The minimum atomic E-state index is -1.08. The number of rotatable bonds is 4. The number of hydrogen-bond donors (Lipinski definition) is 2. The number of fused-ring (bicyclic) bond motifs is 1. The van der Waals surface area contributed by atoms with Gasteiger partial charge < -0.3 is 15.2 Å². The molecule has 2 aromatic carbocycles. The molecule has 0 saturated heterocycles. The van der Waals surface area contributed by atoms with Crippen molar-refractivity contribution in [2.75, 3.05) is 12.4 Å². The van der Waals surface area contributed by atoms with E-state index in [9.17, 15) is 4.79 Å². The highest BCUT2D eigenvalue weighted by molar-refractivity contribution is 5.93. The second-order valence-corrected chi connectivity index (χ2v) is 5.03. The van der Waals surface area contributed by atoms with Crippen molar-refractivity contribution in [2.45, 2.75) is 6.92 Å². The van der Waals surface area contributed by atoms with E-state index in [2.05, 4.69) is 15.3 Å². The number of ether oxygens (including phenoxy) is 1. The molecule has 23 heavy (non-hydrogen) atoms. The third kappa shape index (κ3) is 2.78. The van der Waals surface area contributed by atoms with Crippen LogP contribution in [0.3, 0.4) is 0 Å². The number of methoxy groups -OCH3 is 1. The smallest absolute Gasteiger partial charge is 0.354 e. The SMILES string of the molecule is COc1cc(Nc2ncnc(C(=O)O)c2C)cc2ccccc12. The largest absolute Gasteiger partial charge is 0.496 e. The second kappa shape index (κ2) is 5.92. The van der Waals surface area contributed by atoms with Gasteiger partial charge in [-0.05, 0) is 18.4 Å².